The van der Waals surface area contributed by atoms with E-state index in [0.29, 0.717) is 24.6 Å². The van der Waals surface area contributed by atoms with E-state index < -0.39 is 0 Å². The molecule has 4 nitrogen and oxygen atoms in total. The van der Waals surface area contributed by atoms with Gasteiger partial charge in [-0.3, -0.25) is 0 Å². The fourth-order valence-corrected chi connectivity index (χ4v) is 1.91. The highest BCUT2D eigenvalue weighted by atomic mass is 79.9. The fraction of sp³-hybridized carbons (Fsp3) is 0.500. The Kier molecular flexibility index (Phi) is 5.74. The van der Waals surface area contributed by atoms with Crippen LogP contribution in [0.3, 0.4) is 0 Å². The predicted octanol–water partition coefficient (Wildman–Crippen LogP) is 1.94. The molecule has 2 N–H and O–H groups in total. The molecule has 1 aromatic rings. The average Bonchev–Trinajstić information content (AvgIpc) is 2.30. The van der Waals surface area contributed by atoms with Gasteiger partial charge >= 0.3 is 0 Å². The summed E-state index contributed by atoms with van der Waals surface area (Å²) in [6.07, 6.45) is -0.353. The number of ether oxygens (including phenoxy) is 2. The minimum absolute atomic E-state index is 0.353. The monoisotopic (exact) mass is 303 g/mol. The lowest BCUT2D eigenvalue weighted by atomic mass is 10.2. The fourth-order valence-electron chi connectivity index (χ4n) is 1.45. The third-order valence-corrected chi connectivity index (χ3v) is 3.05. The van der Waals surface area contributed by atoms with Gasteiger partial charge in [0.15, 0.2) is 11.5 Å². The van der Waals surface area contributed by atoms with Crippen LogP contribution in [0.4, 0.5) is 0 Å². The Bertz CT molecular complexity index is 369. The minimum atomic E-state index is -0.353. The van der Waals surface area contributed by atoms with Crippen LogP contribution in [0.25, 0.3) is 0 Å². The molecule has 0 bridgehead atoms. The lowest BCUT2D eigenvalue weighted by molar-refractivity contribution is 0.191. The zero-order valence-corrected chi connectivity index (χ0v) is 11.9. The number of aliphatic hydroxyl groups excluding tert-OH is 1. The minimum Gasteiger partial charge on any atom is -0.493 e. The molecule has 1 rings (SSSR count). The molecule has 1 unspecified atom stereocenters. The number of methoxy groups -OCH3 is 2. The van der Waals surface area contributed by atoms with Gasteiger partial charge < -0.3 is 19.9 Å². The Morgan fingerprint density at radius 2 is 1.88 bits per heavy atom. The van der Waals surface area contributed by atoms with Crippen LogP contribution in [0, 0.1) is 0 Å². The molecule has 1 atom stereocenters. The topological polar surface area (TPSA) is 50.7 Å². The van der Waals surface area contributed by atoms with Crippen LogP contribution in [0.15, 0.2) is 16.6 Å². The smallest absolute Gasteiger partial charge is 0.161 e. The third kappa shape index (κ3) is 4.18. The molecule has 1 aromatic carbocycles. The van der Waals surface area contributed by atoms with E-state index in [1.165, 1.54) is 0 Å². The molecule has 0 aliphatic rings. The Hall–Kier alpha value is -0.780. The maximum atomic E-state index is 9.16. The molecular formula is C12H18BrNO3. The second-order valence-corrected chi connectivity index (χ2v) is 4.63. The van der Waals surface area contributed by atoms with Crippen LogP contribution >= 0.6 is 15.9 Å². The van der Waals surface area contributed by atoms with Crippen LogP contribution < -0.4 is 14.8 Å². The average molecular weight is 304 g/mol. The van der Waals surface area contributed by atoms with Gasteiger partial charge in [0, 0.05) is 17.6 Å². The molecule has 5 heteroatoms. The summed E-state index contributed by atoms with van der Waals surface area (Å²) >= 11 is 3.48. The van der Waals surface area contributed by atoms with Gasteiger partial charge in [0.25, 0.3) is 0 Å². The number of hydrogen-bond donors (Lipinski definition) is 2. The van der Waals surface area contributed by atoms with Gasteiger partial charge in [0.2, 0.25) is 0 Å². The predicted molar refractivity (Wildman–Crippen MR) is 70.6 cm³/mol. The normalized spacial score (nSPS) is 12.3. The summed E-state index contributed by atoms with van der Waals surface area (Å²) in [4.78, 5) is 0. The number of aliphatic hydroxyl groups is 1. The van der Waals surface area contributed by atoms with Crippen molar-refractivity contribution in [1.29, 1.82) is 0 Å². The largest absolute Gasteiger partial charge is 0.493 e. The molecule has 0 aliphatic carbocycles. The summed E-state index contributed by atoms with van der Waals surface area (Å²) in [6.45, 7) is 2.96. The van der Waals surface area contributed by atoms with Crippen LogP contribution in [-0.2, 0) is 6.54 Å². The second kappa shape index (κ2) is 6.83. The first-order valence-corrected chi connectivity index (χ1v) is 6.17. The van der Waals surface area contributed by atoms with Gasteiger partial charge in [-0.05, 0) is 24.6 Å². The molecule has 0 amide bonds. The Morgan fingerprint density at radius 3 is 2.41 bits per heavy atom. The van der Waals surface area contributed by atoms with E-state index in [9.17, 15) is 0 Å². The maximum Gasteiger partial charge on any atom is 0.161 e. The van der Waals surface area contributed by atoms with Crippen molar-refractivity contribution in [2.75, 3.05) is 20.8 Å². The van der Waals surface area contributed by atoms with Gasteiger partial charge in [-0.1, -0.05) is 15.9 Å². The maximum absolute atomic E-state index is 9.16. The van der Waals surface area contributed by atoms with Crippen molar-refractivity contribution in [3.8, 4) is 11.5 Å². The number of rotatable bonds is 6. The molecular weight excluding hydrogens is 286 g/mol. The first-order chi connectivity index (χ1) is 8.08. The van der Waals surface area contributed by atoms with Crippen LogP contribution in [0.5, 0.6) is 11.5 Å². The van der Waals surface area contributed by atoms with Gasteiger partial charge in [-0.15, -0.1) is 0 Å². The summed E-state index contributed by atoms with van der Waals surface area (Å²) < 4.78 is 11.4. The highest BCUT2D eigenvalue weighted by Gasteiger charge is 2.09. The van der Waals surface area contributed by atoms with E-state index in [4.69, 9.17) is 14.6 Å². The van der Waals surface area contributed by atoms with E-state index in [-0.39, 0.29) is 6.10 Å². The molecule has 0 aromatic heterocycles. The first-order valence-electron chi connectivity index (χ1n) is 5.37. The Morgan fingerprint density at radius 1 is 1.29 bits per heavy atom. The van der Waals surface area contributed by atoms with Crippen molar-refractivity contribution in [2.45, 2.75) is 19.6 Å². The van der Waals surface area contributed by atoms with Gasteiger partial charge in [0.1, 0.15) is 0 Å². The summed E-state index contributed by atoms with van der Waals surface area (Å²) in [5.41, 5.74) is 1.06. The number of nitrogens with one attached hydrogen (secondary N) is 1. The van der Waals surface area contributed by atoms with Gasteiger partial charge in [0.05, 0.1) is 20.3 Å². The van der Waals surface area contributed by atoms with Crippen molar-refractivity contribution < 1.29 is 14.6 Å². The molecule has 0 radical (unpaired) electrons. The molecule has 17 heavy (non-hydrogen) atoms. The molecule has 0 saturated carbocycles. The van der Waals surface area contributed by atoms with Crippen molar-refractivity contribution in [3.05, 3.63) is 22.2 Å². The molecule has 0 heterocycles. The molecule has 0 spiro atoms. The van der Waals surface area contributed by atoms with Crippen molar-refractivity contribution >= 4 is 15.9 Å². The number of halogens is 1. The molecule has 0 aliphatic heterocycles. The zero-order chi connectivity index (χ0) is 12.8. The Balaban J connectivity index is 2.78. The molecule has 0 saturated heterocycles. The van der Waals surface area contributed by atoms with Crippen molar-refractivity contribution in [2.24, 2.45) is 0 Å². The number of hydrogen-bond acceptors (Lipinski definition) is 4. The van der Waals surface area contributed by atoms with Crippen molar-refractivity contribution in [1.82, 2.24) is 5.32 Å². The van der Waals surface area contributed by atoms with Crippen LogP contribution in [-0.4, -0.2) is 32.0 Å². The van der Waals surface area contributed by atoms with E-state index in [0.717, 1.165) is 10.0 Å². The van der Waals surface area contributed by atoms with E-state index in [1.807, 2.05) is 12.1 Å². The summed E-state index contributed by atoms with van der Waals surface area (Å²) in [5.74, 6) is 1.39. The summed E-state index contributed by atoms with van der Waals surface area (Å²) in [6, 6.07) is 3.79. The quantitative estimate of drug-likeness (QED) is 0.843. The summed E-state index contributed by atoms with van der Waals surface area (Å²) in [5, 5.41) is 12.3. The SMILES string of the molecule is COc1cc(Br)c(CNCC(C)O)cc1OC. The van der Waals surface area contributed by atoms with Crippen LogP contribution in [0.1, 0.15) is 12.5 Å². The van der Waals surface area contributed by atoms with E-state index >= 15 is 0 Å². The van der Waals surface area contributed by atoms with E-state index in [1.54, 1.807) is 21.1 Å². The molecule has 96 valence electrons. The highest BCUT2D eigenvalue weighted by Crippen LogP contribution is 2.33. The number of benzene rings is 1. The van der Waals surface area contributed by atoms with Gasteiger partial charge in [-0.25, -0.2) is 0 Å². The Labute approximate surface area is 110 Å². The standard InChI is InChI=1S/C12H18BrNO3/c1-8(15)6-14-7-9-4-11(16-2)12(17-3)5-10(9)13/h4-5,8,14-15H,6-7H2,1-3H3. The zero-order valence-electron chi connectivity index (χ0n) is 10.3. The third-order valence-electron chi connectivity index (χ3n) is 2.31. The van der Waals surface area contributed by atoms with E-state index in [2.05, 4.69) is 21.2 Å². The van der Waals surface area contributed by atoms with Gasteiger partial charge in [-0.2, -0.15) is 0 Å². The molecule has 0 fully saturated rings. The van der Waals surface area contributed by atoms with Crippen LogP contribution in [0.2, 0.25) is 0 Å². The highest BCUT2D eigenvalue weighted by molar-refractivity contribution is 9.10. The first kappa shape index (κ1) is 14.3. The lowest BCUT2D eigenvalue weighted by Gasteiger charge is -2.13. The lowest BCUT2D eigenvalue weighted by Crippen LogP contribution is -2.24. The summed E-state index contributed by atoms with van der Waals surface area (Å²) in [7, 11) is 3.22. The second-order valence-electron chi connectivity index (χ2n) is 3.78. The van der Waals surface area contributed by atoms with Crippen molar-refractivity contribution in [3.63, 3.8) is 0 Å².